The zero-order chi connectivity index (χ0) is 6.62. The van der Waals surface area contributed by atoms with E-state index in [9.17, 15) is 0 Å². The molecule has 0 atom stereocenters. The van der Waals surface area contributed by atoms with Gasteiger partial charge in [-0.1, -0.05) is 0 Å². The standard InChI is InChI=1S/C7H18N.ClH.H2O/c1-5-8(4,6-2)7-3;;/h5-7H2,1-4H3;1H;1H2/q+1;;/p-1. The maximum absolute atomic E-state index is 2.29. The van der Waals surface area contributed by atoms with E-state index in [0.29, 0.717) is 0 Å². The van der Waals surface area contributed by atoms with Crippen molar-refractivity contribution in [2.45, 2.75) is 20.8 Å². The van der Waals surface area contributed by atoms with E-state index in [1.807, 2.05) is 0 Å². The van der Waals surface area contributed by atoms with Crippen LogP contribution in [0.3, 0.4) is 0 Å². The zero-order valence-corrected chi connectivity index (χ0v) is 8.20. The quantitative estimate of drug-likeness (QED) is 0.425. The fraction of sp³-hybridized carbons (Fsp3) is 1.00. The van der Waals surface area contributed by atoms with Gasteiger partial charge in [0.1, 0.15) is 0 Å². The minimum atomic E-state index is 0. The van der Waals surface area contributed by atoms with Crippen molar-refractivity contribution in [2.75, 3.05) is 26.7 Å². The molecule has 0 heterocycles. The summed E-state index contributed by atoms with van der Waals surface area (Å²) in [5, 5.41) is 0. The number of hydrogen-bond donors (Lipinski definition) is 0. The average molecular weight is 170 g/mol. The summed E-state index contributed by atoms with van der Waals surface area (Å²) in [5.74, 6) is 0. The Kier molecular flexibility index (Phi) is 12.2. The van der Waals surface area contributed by atoms with Crippen molar-refractivity contribution in [2.24, 2.45) is 0 Å². The highest BCUT2D eigenvalue weighted by atomic mass is 35.5. The Labute approximate surface area is 70.5 Å². The molecule has 0 aromatic heterocycles. The molecule has 0 rings (SSSR count). The number of halogens is 1. The number of rotatable bonds is 3. The normalized spacial score (nSPS) is 9.60. The average Bonchev–Trinajstić information content (AvgIpc) is 1.87. The summed E-state index contributed by atoms with van der Waals surface area (Å²) >= 11 is 0. The lowest BCUT2D eigenvalue weighted by Gasteiger charge is -2.30. The summed E-state index contributed by atoms with van der Waals surface area (Å²) in [7, 11) is 2.29. The minimum Gasteiger partial charge on any atom is -1.00 e. The predicted octanol–water partition coefficient (Wildman–Crippen LogP) is -2.33. The Bertz CT molecular complexity index is 56.4. The Morgan fingerprint density at radius 2 is 1.10 bits per heavy atom. The van der Waals surface area contributed by atoms with E-state index in [4.69, 9.17) is 0 Å². The van der Waals surface area contributed by atoms with E-state index < -0.39 is 0 Å². The van der Waals surface area contributed by atoms with Gasteiger partial charge in [0.25, 0.3) is 0 Å². The molecule has 0 aromatic rings. The number of nitrogens with zero attached hydrogens (tertiary/aromatic N) is 1. The third-order valence-corrected chi connectivity index (χ3v) is 2.29. The lowest BCUT2D eigenvalue weighted by atomic mass is 10.4. The molecule has 0 amide bonds. The summed E-state index contributed by atoms with van der Waals surface area (Å²) in [6, 6.07) is 0. The molecule has 0 saturated carbocycles. The molecule has 2 N–H and O–H groups in total. The molecule has 0 spiro atoms. The van der Waals surface area contributed by atoms with Crippen LogP contribution < -0.4 is 12.4 Å². The molecule has 0 aliphatic rings. The third-order valence-electron chi connectivity index (χ3n) is 2.29. The lowest BCUT2D eigenvalue weighted by Crippen LogP contribution is -3.00. The van der Waals surface area contributed by atoms with Crippen LogP contribution in [0.1, 0.15) is 20.8 Å². The predicted molar refractivity (Wildman–Crippen MR) is 41.4 cm³/mol. The van der Waals surface area contributed by atoms with Crippen molar-refractivity contribution < 1.29 is 22.4 Å². The molecular formula is C7H20ClNO. The van der Waals surface area contributed by atoms with E-state index in [-0.39, 0.29) is 17.9 Å². The van der Waals surface area contributed by atoms with E-state index in [0.717, 1.165) is 0 Å². The molecule has 3 heteroatoms. The van der Waals surface area contributed by atoms with Crippen molar-refractivity contribution in [3.05, 3.63) is 0 Å². The molecule has 0 aliphatic heterocycles. The van der Waals surface area contributed by atoms with Crippen LogP contribution in [0.4, 0.5) is 0 Å². The Morgan fingerprint density at radius 3 is 1.10 bits per heavy atom. The van der Waals surface area contributed by atoms with Gasteiger partial charge in [-0.3, -0.25) is 0 Å². The van der Waals surface area contributed by atoms with Gasteiger partial charge in [0.15, 0.2) is 0 Å². The van der Waals surface area contributed by atoms with E-state index in [1.165, 1.54) is 24.1 Å². The summed E-state index contributed by atoms with van der Waals surface area (Å²) in [5.41, 5.74) is 0. The van der Waals surface area contributed by atoms with E-state index in [2.05, 4.69) is 27.8 Å². The van der Waals surface area contributed by atoms with Crippen LogP contribution in [-0.4, -0.2) is 36.6 Å². The summed E-state index contributed by atoms with van der Waals surface area (Å²) in [4.78, 5) is 0. The van der Waals surface area contributed by atoms with Gasteiger partial charge in [0, 0.05) is 0 Å². The van der Waals surface area contributed by atoms with Gasteiger partial charge in [-0.15, -0.1) is 0 Å². The Morgan fingerprint density at radius 1 is 0.900 bits per heavy atom. The van der Waals surface area contributed by atoms with Crippen molar-refractivity contribution in [3.63, 3.8) is 0 Å². The van der Waals surface area contributed by atoms with Crippen LogP contribution in [0.2, 0.25) is 0 Å². The fourth-order valence-electron chi connectivity index (χ4n) is 0.671. The van der Waals surface area contributed by atoms with Crippen molar-refractivity contribution in [1.29, 1.82) is 0 Å². The van der Waals surface area contributed by atoms with Crippen molar-refractivity contribution in [3.8, 4) is 0 Å². The molecule has 0 fully saturated rings. The first-order valence-electron chi connectivity index (χ1n) is 3.52. The highest BCUT2D eigenvalue weighted by Crippen LogP contribution is 1.97. The summed E-state index contributed by atoms with van der Waals surface area (Å²) in [6.07, 6.45) is 0. The smallest absolute Gasteiger partial charge is 0.0755 e. The molecule has 0 radical (unpaired) electrons. The van der Waals surface area contributed by atoms with Crippen molar-refractivity contribution in [1.82, 2.24) is 0 Å². The molecule has 0 saturated heterocycles. The molecule has 10 heavy (non-hydrogen) atoms. The largest absolute Gasteiger partial charge is 1.00 e. The van der Waals surface area contributed by atoms with Gasteiger partial charge in [-0.25, -0.2) is 0 Å². The summed E-state index contributed by atoms with van der Waals surface area (Å²) < 4.78 is 1.21. The van der Waals surface area contributed by atoms with E-state index >= 15 is 0 Å². The molecule has 2 nitrogen and oxygen atoms in total. The Hall–Kier alpha value is 0.210. The van der Waals surface area contributed by atoms with Crippen LogP contribution in [0, 0.1) is 0 Å². The number of hydrogen-bond acceptors (Lipinski definition) is 0. The van der Waals surface area contributed by atoms with Crippen LogP contribution >= 0.6 is 0 Å². The first kappa shape index (κ1) is 16.7. The third kappa shape index (κ3) is 5.03. The van der Waals surface area contributed by atoms with Gasteiger partial charge >= 0.3 is 0 Å². The van der Waals surface area contributed by atoms with Crippen LogP contribution in [0.15, 0.2) is 0 Å². The second-order valence-electron chi connectivity index (χ2n) is 2.57. The number of quaternary nitrogens is 1. The molecule has 66 valence electrons. The monoisotopic (exact) mass is 169 g/mol. The van der Waals surface area contributed by atoms with Gasteiger partial charge in [-0.2, -0.15) is 0 Å². The van der Waals surface area contributed by atoms with E-state index in [1.54, 1.807) is 0 Å². The van der Waals surface area contributed by atoms with Crippen LogP contribution in [0.5, 0.6) is 0 Å². The summed E-state index contributed by atoms with van der Waals surface area (Å²) in [6.45, 7) is 10.5. The molecule has 0 aliphatic carbocycles. The minimum absolute atomic E-state index is 0. The van der Waals surface area contributed by atoms with Gasteiger partial charge in [0.2, 0.25) is 0 Å². The first-order chi connectivity index (χ1) is 3.68. The zero-order valence-electron chi connectivity index (χ0n) is 7.45. The SMILES string of the molecule is CC[N+](C)(CC)CC.O.[Cl-]. The Balaban J connectivity index is -0.000000245. The van der Waals surface area contributed by atoms with Crippen LogP contribution in [-0.2, 0) is 0 Å². The van der Waals surface area contributed by atoms with Gasteiger partial charge in [0.05, 0.1) is 26.7 Å². The lowest BCUT2D eigenvalue weighted by molar-refractivity contribution is -0.904. The fourth-order valence-corrected chi connectivity index (χ4v) is 0.671. The highest BCUT2D eigenvalue weighted by molar-refractivity contribution is 4.24. The second-order valence-corrected chi connectivity index (χ2v) is 2.57. The van der Waals surface area contributed by atoms with Gasteiger partial charge < -0.3 is 22.4 Å². The maximum Gasteiger partial charge on any atom is 0.0755 e. The molecule has 0 unspecified atom stereocenters. The second kappa shape index (κ2) is 7.32. The van der Waals surface area contributed by atoms with Crippen LogP contribution in [0.25, 0.3) is 0 Å². The molecule has 0 bridgehead atoms. The first-order valence-corrected chi connectivity index (χ1v) is 3.52. The van der Waals surface area contributed by atoms with Gasteiger partial charge in [-0.05, 0) is 20.8 Å². The molecule has 0 aromatic carbocycles. The maximum atomic E-state index is 2.29. The topological polar surface area (TPSA) is 31.5 Å². The van der Waals surface area contributed by atoms with Crippen molar-refractivity contribution >= 4 is 0 Å². The highest BCUT2D eigenvalue weighted by Gasteiger charge is 2.10. The molecular weight excluding hydrogens is 150 g/mol.